The standard InChI is InChI=1S/C21H21N3O4S/c1-14-7-3-5-9-16(14)22-18(25)13-29-21-23-17-10-6-4-8-15(17)20(27)24(21)12-11-19(26)28-2/h3-10H,11-13H2,1-2H3,(H,22,25). The first-order valence-corrected chi connectivity index (χ1v) is 10.0. The summed E-state index contributed by atoms with van der Waals surface area (Å²) in [4.78, 5) is 41.4. The number of carbonyl (C=O) groups is 2. The molecule has 0 aliphatic heterocycles. The number of aryl methyl sites for hydroxylation is 1. The van der Waals surface area contributed by atoms with Crippen LogP contribution in [0.1, 0.15) is 12.0 Å². The molecule has 0 saturated heterocycles. The molecule has 0 fully saturated rings. The number of thioether (sulfide) groups is 1. The lowest BCUT2D eigenvalue weighted by Gasteiger charge is -2.13. The largest absolute Gasteiger partial charge is 0.469 e. The number of hydrogen-bond donors (Lipinski definition) is 1. The third kappa shape index (κ3) is 5.03. The number of aromatic nitrogens is 2. The number of benzene rings is 2. The van der Waals surface area contributed by atoms with Gasteiger partial charge in [0.1, 0.15) is 0 Å². The van der Waals surface area contributed by atoms with Gasteiger partial charge in [0.25, 0.3) is 5.56 Å². The van der Waals surface area contributed by atoms with Gasteiger partial charge in [-0.1, -0.05) is 42.1 Å². The summed E-state index contributed by atoms with van der Waals surface area (Å²) < 4.78 is 6.09. The minimum Gasteiger partial charge on any atom is -0.469 e. The minimum atomic E-state index is -0.418. The van der Waals surface area contributed by atoms with Crippen molar-refractivity contribution in [1.82, 2.24) is 9.55 Å². The van der Waals surface area contributed by atoms with Crippen molar-refractivity contribution in [1.29, 1.82) is 0 Å². The summed E-state index contributed by atoms with van der Waals surface area (Å²) in [6.45, 7) is 2.04. The molecule has 0 unspecified atom stereocenters. The number of para-hydroxylation sites is 2. The van der Waals surface area contributed by atoms with Crippen molar-refractivity contribution < 1.29 is 14.3 Å². The van der Waals surface area contributed by atoms with Gasteiger partial charge in [-0.3, -0.25) is 19.0 Å². The van der Waals surface area contributed by atoms with E-state index in [0.717, 1.165) is 23.0 Å². The number of hydrogen-bond acceptors (Lipinski definition) is 6. The van der Waals surface area contributed by atoms with Crippen molar-refractivity contribution in [3.63, 3.8) is 0 Å². The summed E-state index contributed by atoms with van der Waals surface area (Å²) in [6, 6.07) is 14.5. The highest BCUT2D eigenvalue weighted by Gasteiger charge is 2.15. The van der Waals surface area contributed by atoms with E-state index >= 15 is 0 Å². The quantitative estimate of drug-likeness (QED) is 0.365. The second-order valence-electron chi connectivity index (χ2n) is 6.35. The summed E-state index contributed by atoms with van der Waals surface area (Å²) in [5.41, 5.74) is 2.01. The van der Waals surface area contributed by atoms with Crippen LogP contribution >= 0.6 is 11.8 Å². The lowest BCUT2D eigenvalue weighted by Crippen LogP contribution is -2.25. The normalized spacial score (nSPS) is 10.7. The molecule has 3 aromatic rings. The van der Waals surface area contributed by atoms with Gasteiger partial charge in [0.15, 0.2) is 5.16 Å². The van der Waals surface area contributed by atoms with Crippen molar-refractivity contribution in [2.75, 3.05) is 18.2 Å². The van der Waals surface area contributed by atoms with Crippen molar-refractivity contribution in [3.8, 4) is 0 Å². The first-order chi connectivity index (χ1) is 14.0. The lowest BCUT2D eigenvalue weighted by atomic mass is 10.2. The van der Waals surface area contributed by atoms with Gasteiger partial charge in [-0.2, -0.15) is 0 Å². The summed E-state index contributed by atoms with van der Waals surface area (Å²) in [6.07, 6.45) is 0.0411. The smallest absolute Gasteiger partial charge is 0.307 e. The van der Waals surface area contributed by atoms with E-state index < -0.39 is 5.97 Å². The fourth-order valence-corrected chi connectivity index (χ4v) is 3.62. The van der Waals surface area contributed by atoms with Gasteiger partial charge in [0.2, 0.25) is 5.91 Å². The van der Waals surface area contributed by atoms with E-state index in [1.54, 1.807) is 24.3 Å². The van der Waals surface area contributed by atoms with Crippen molar-refractivity contribution >= 4 is 40.2 Å². The predicted molar refractivity (Wildman–Crippen MR) is 113 cm³/mol. The minimum absolute atomic E-state index is 0.0411. The molecule has 150 valence electrons. The van der Waals surface area contributed by atoms with E-state index in [9.17, 15) is 14.4 Å². The topological polar surface area (TPSA) is 90.3 Å². The highest BCUT2D eigenvalue weighted by atomic mass is 32.2. The molecule has 0 radical (unpaired) electrons. The second kappa shape index (κ2) is 9.38. The number of fused-ring (bicyclic) bond motifs is 1. The van der Waals surface area contributed by atoms with Crippen LogP contribution in [0.25, 0.3) is 10.9 Å². The molecule has 1 N–H and O–H groups in total. The van der Waals surface area contributed by atoms with Crippen molar-refractivity contribution in [3.05, 3.63) is 64.4 Å². The molecule has 0 spiro atoms. The maximum Gasteiger partial charge on any atom is 0.307 e. The zero-order chi connectivity index (χ0) is 20.8. The Morgan fingerprint density at radius 1 is 1.14 bits per heavy atom. The Bertz CT molecular complexity index is 1110. The zero-order valence-corrected chi connectivity index (χ0v) is 17.0. The van der Waals surface area contributed by atoms with Gasteiger partial charge in [0, 0.05) is 12.2 Å². The van der Waals surface area contributed by atoms with E-state index in [1.807, 2.05) is 31.2 Å². The Kier molecular flexibility index (Phi) is 6.66. The fraction of sp³-hybridized carbons (Fsp3) is 0.238. The number of nitrogens with zero attached hydrogens (tertiary/aromatic N) is 2. The number of esters is 1. The third-order valence-electron chi connectivity index (χ3n) is 4.35. The van der Waals surface area contributed by atoms with Gasteiger partial charge in [-0.05, 0) is 30.7 Å². The molecule has 2 aromatic carbocycles. The predicted octanol–water partition coefficient (Wildman–Crippen LogP) is 3.00. The molecule has 1 heterocycles. The number of nitrogens with one attached hydrogen (secondary N) is 1. The van der Waals surface area contributed by atoms with Crippen LogP contribution in [0.15, 0.2) is 58.5 Å². The molecule has 0 aliphatic carbocycles. The monoisotopic (exact) mass is 411 g/mol. The zero-order valence-electron chi connectivity index (χ0n) is 16.2. The van der Waals surface area contributed by atoms with Gasteiger partial charge >= 0.3 is 5.97 Å². The van der Waals surface area contributed by atoms with Crippen LogP contribution in [0.2, 0.25) is 0 Å². The molecule has 7 nitrogen and oxygen atoms in total. The average Bonchev–Trinajstić information content (AvgIpc) is 2.73. The van der Waals surface area contributed by atoms with Crippen LogP contribution in [-0.4, -0.2) is 34.3 Å². The molecular formula is C21H21N3O4S. The number of rotatable bonds is 7. The van der Waals surface area contributed by atoms with Gasteiger partial charge < -0.3 is 10.1 Å². The van der Waals surface area contributed by atoms with Crippen LogP contribution in [0, 0.1) is 6.92 Å². The van der Waals surface area contributed by atoms with Crippen molar-refractivity contribution in [2.24, 2.45) is 0 Å². The van der Waals surface area contributed by atoms with E-state index in [-0.39, 0.29) is 30.2 Å². The molecule has 0 aliphatic rings. The summed E-state index contributed by atoms with van der Waals surface area (Å²) in [5.74, 6) is -0.540. The average molecular weight is 411 g/mol. The SMILES string of the molecule is COC(=O)CCn1c(SCC(=O)Nc2ccccc2C)nc2ccccc2c1=O. The molecular weight excluding hydrogens is 390 g/mol. The van der Waals surface area contributed by atoms with Crippen molar-refractivity contribution in [2.45, 2.75) is 25.0 Å². The highest BCUT2D eigenvalue weighted by molar-refractivity contribution is 7.99. The van der Waals surface area contributed by atoms with E-state index in [1.165, 1.54) is 11.7 Å². The van der Waals surface area contributed by atoms with Gasteiger partial charge in [0.05, 0.1) is 30.2 Å². The number of carbonyl (C=O) groups excluding carboxylic acids is 2. The van der Waals surface area contributed by atoms with Crippen LogP contribution < -0.4 is 10.9 Å². The van der Waals surface area contributed by atoms with Gasteiger partial charge in [-0.25, -0.2) is 4.98 Å². The molecule has 1 amide bonds. The van der Waals surface area contributed by atoms with Crippen LogP contribution in [0.4, 0.5) is 5.69 Å². The summed E-state index contributed by atoms with van der Waals surface area (Å²) >= 11 is 1.16. The van der Waals surface area contributed by atoms with E-state index in [0.29, 0.717) is 16.1 Å². The summed E-state index contributed by atoms with van der Waals surface area (Å²) in [5, 5.41) is 3.71. The molecule has 0 atom stereocenters. The highest BCUT2D eigenvalue weighted by Crippen LogP contribution is 2.19. The first-order valence-electron chi connectivity index (χ1n) is 9.04. The number of ether oxygens (including phenoxy) is 1. The maximum absolute atomic E-state index is 12.9. The number of amides is 1. The Morgan fingerprint density at radius 2 is 1.86 bits per heavy atom. The summed E-state index contributed by atoms with van der Waals surface area (Å²) in [7, 11) is 1.30. The fourth-order valence-electron chi connectivity index (χ4n) is 2.79. The molecule has 0 saturated carbocycles. The Morgan fingerprint density at radius 3 is 2.62 bits per heavy atom. The van der Waals surface area contributed by atoms with Crippen LogP contribution in [0.3, 0.4) is 0 Å². The Balaban J connectivity index is 1.83. The van der Waals surface area contributed by atoms with Crippen LogP contribution in [0.5, 0.6) is 0 Å². The molecule has 8 heteroatoms. The van der Waals surface area contributed by atoms with E-state index in [2.05, 4.69) is 15.0 Å². The van der Waals surface area contributed by atoms with E-state index in [4.69, 9.17) is 0 Å². The maximum atomic E-state index is 12.9. The number of anilines is 1. The Labute approximate surface area is 172 Å². The first kappa shape index (κ1) is 20.6. The molecule has 1 aromatic heterocycles. The Hall–Kier alpha value is -3.13. The molecule has 0 bridgehead atoms. The van der Waals surface area contributed by atoms with Gasteiger partial charge in [-0.15, -0.1) is 0 Å². The second-order valence-corrected chi connectivity index (χ2v) is 7.29. The molecule has 29 heavy (non-hydrogen) atoms. The molecule has 3 rings (SSSR count). The third-order valence-corrected chi connectivity index (χ3v) is 5.32. The lowest BCUT2D eigenvalue weighted by molar-refractivity contribution is -0.140. The van der Waals surface area contributed by atoms with Crippen LogP contribution in [-0.2, 0) is 20.9 Å². The number of methoxy groups -OCH3 is 1.